The van der Waals surface area contributed by atoms with E-state index in [0.717, 1.165) is 23.0 Å². The van der Waals surface area contributed by atoms with E-state index in [1.165, 1.54) is 6.07 Å². The third-order valence-electron chi connectivity index (χ3n) is 3.28. The van der Waals surface area contributed by atoms with Gasteiger partial charge in [0, 0.05) is 17.0 Å². The van der Waals surface area contributed by atoms with Crippen LogP contribution >= 0.6 is 0 Å². The SMILES string of the molecule is CCNC(c1ccc(C)nc1C)c1cccc(F)c1F. The molecule has 2 rings (SSSR count). The lowest BCUT2D eigenvalue weighted by atomic mass is 9.96. The first-order chi connectivity index (χ1) is 9.54. The maximum Gasteiger partial charge on any atom is 0.163 e. The molecule has 0 saturated heterocycles. The zero-order chi connectivity index (χ0) is 14.7. The van der Waals surface area contributed by atoms with Crippen molar-refractivity contribution in [1.29, 1.82) is 0 Å². The molecule has 2 nitrogen and oxygen atoms in total. The zero-order valence-electron chi connectivity index (χ0n) is 11.9. The number of hydrogen-bond acceptors (Lipinski definition) is 2. The van der Waals surface area contributed by atoms with Crippen LogP contribution in [0.25, 0.3) is 0 Å². The minimum absolute atomic E-state index is 0.306. The van der Waals surface area contributed by atoms with Crippen molar-refractivity contribution in [3.63, 3.8) is 0 Å². The first-order valence-corrected chi connectivity index (χ1v) is 6.66. The third kappa shape index (κ3) is 2.85. The van der Waals surface area contributed by atoms with Crippen molar-refractivity contribution in [2.75, 3.05) is 6.54 Å². The van der Waals surface area contributed by atoms with Gasteiger partial charge in [0.2, 0.25) is 0 Å². The van der Waals surface area contributed by atoms with Crippen molar-refractivity contribution in [2.24, 2.45) is 0 Å². The van der Waals surface area contributed by atoms with E-state index in [1.54, 1.807) is 6.07 Å². The Morgan fingerprint density at radius 3 is 2.50 bits per heavy atom. The van der Waals surface area contributed by atoms with Gasteiger partial charge in [0.05, 0.1) is 6.04 Å². The van der Waals surface area contributed by atoms with Crippen molar-refractivity contribution in [3.8, 4) is 0 Å². The molecule has 1 N–H and O–H groups in total. The first-order valence-electron chi connectivity index (χ1n) is 6.66. The number of pyridine rings is 1. The van der Waals surface area contributed by atoms with Crippen LogP contribution in [-0.4, -0.2) is 11.5 Å². The standard InChI is InChI=1S/C16H18F2N2/c1-4-19-16(12-9-8-10(2)20-11(12)3)13-6-5-7-14(17)15(13)18/h5-9,16,19H,4H2,1-3H3. The molecule has 106 valence electrons. The van der Waals surface area contributed by atoms with Gasteiger partial charge in [0.15, 0.2) is 11.6 Å². The maximum absolute atomic E-state index is 14.0. The van der Waals surface area contributed by atoms with Crippen molar-refractivity contribution in [3.05, 3.63) is 64.5 Å². The summed E-state index contributed by atoms with van der Waals surface area (Å²) < 4.78 is 27.5. The fourth-order valence-corrected chi connectivity index (χ4v) is 2.34. The Morgan fingerprint density at radius 2 is 1.85 bits per heavy atom. The number of aromatic nitrogens is 1. The van der Waals surface area contributed by atoms with Crippen LogP contribution in [0.3, 0.4) is 0 Å². The smallest absolute Gasteiger partial charge is 0.163 e. The minimum Gasteiger partial charge on any atom is -0.306 e. The minimum atomic E-state index is -0.830. The quantitative estimate of drug-likeness (QED) is 0.921. The van der Waals surface area contributed by atoms with Crippen LogP contribution < -0.4 is 5.32 Å². The highest BCUT2D eigenvalue weighted by Crippen LogP contribution is 2.27. The molecule has 1 aromatic carbocycles. The number of aryl methyl sites for hydroxylation is 2. The molecule has 1 heterocycles. The lowest BCUT2D eigenvalue weighted by Crippen LogP contribution is -2.24. The maximum atomic E-state index is 14.0. The number of halogens is 2. The molecule has 0 aliphatic rings. The summed E-state index contributed by atoms with van der Waals surface area (Å²) in [6.45, 7) is 6.36. The van der Waals surface area contributed by atoms with Gasteiger partial charge in [-0.2, -0.15) is 0 Å². The number of benzene rings is 1. The normalized spacial score (nSPS) is 12.4. The van der Waals surface area contributed by atoms with Gasteiger partial charge in [-0.1, -0.05) is 25.1 Å². The van der Waals surface area contributed by atoms with E-state index >= 15 is 0 Å². The number of nitrogens with zero attached hydrogens (tertiary/aromatic N) is 1. The Balaban J connectivity index is 2.53. The Bertz CT molecular complexity index is 611. The molecule has 0 bridgehead atoms. The molecule has 1 unspecified atom stereocenters. The van der Waals surface area contributed by atoms with Gasteiger partial charge in [-0.3, -0.25) is 4.98 Å². The molecule has 0 aliphatic heterocycles. The van der Waals surface area contributed by atoms with E-state index in [4.69, 9.17) is 0 Å². The van der Waals surface area contributed by atoms with E-state index in [1.807, 2.05) is 32.9 Å². The second-order valence-corrected chi connectivity index (χ2v) is 4.76. The molecular weight excluding hydrogens is 258 g/mol. The predicted molar refractivity (Wildman–Crippen MR) is 75.6 cm³/mol. The molecule has 0 saturated carbocycles. The largest absolute Gasteiger partial charge is 0.306 e. The Hall–Kier alpha value is -1.81. The van der Waals surface area contributed by atoms with Crippen LogP contribution in [0.5, 0.6) is 0 Å². The highest BCUT2D eigenvalue weighted by Gasteiger charge is 2.21. The molecular formula is C16H18F2N2. The van der Waals surface area contributed by atoms with E-state index in [-0.39, 0.29) is 0 Å². The number of rotatable bonds is 4. The van der Waals surface area contributed by atoms with Gasteiger partial charge in [0.1, 0.15) is 0 Å². The molecule has 0 radical (unpaired) electrons. The molecule has 0 aliphatic carbocycles. The highest BCUT2D eigenvalue weighted by atomic mass is 19.2. The summed E-state index contributed by atoms with van der Waals surface area (Å²) in [5, 5.41) is 3.20. The van der Waals surface area contributed by atoms with Crippen molar-refractivity contribution >= 4 is 0 Å². The van der Waals surface area contributed by atoms with Crippen LogP contribution in [0.4, 0.5) is 8.78 Å². The second-order valence-electron chi connectivity index (χ2n) is 4.76. The fraction of sp³-hybridized carbons (Fsp3) is 0.312. The topological polar surface area (TPSA) is 24.9 Å². The van der Waals surface area contributed by atoms with E-state index in [9.17, 15) is 8.78 Å². The molecule has 4 heteroatoms. The monoisotopic (exact) mass is 276 g/mol. The van der Waals surface area contributed by atoms with Crippen LogP contribution in [0.15, 0.2) is 30.3 Å². The molecule has 0 fully saturated rings. The van der Waals surface area contributed by atoms with E-state index < -0.39 is 17.7 Å². The van der Waals surface area contributed by atoms with Crippen LogP contribution in [0, 0.1) is 25.5 Å². The van der Waals surface area contributed by atoms with Crippen molar-refractivity contribution < 1.29 is 8.78 Å². The summed E-state index contributed by atoms with van der Waals surface area (Å²) in [6.07, 6.45) is 0. The number of nitrogens with one attached hydrogen (secondary N) is 1. The molecule has 0 amide bonds. The van der Waals surface area contributed by atoms with Gasteiger partial charge < -0.3 is 5.32 Å². The van der Waals surface area contributed by atoms with Crippen LogP contribution in [-0.2, 0) is 0 Å². The first kappa shape index (κ1) is 14.6. The van der Waals surface area contributed by atoms with Gasteiger partial charge in [-0.05, 0) is 38.1 Å². The lowest BCUT2D eigenvalue weighted by Gasteiger charge is -2.21. The third-order valence-corrected chi connectivity index (χ3v) is 3.28. The van der Waals surface area contributed by atoms with Crippen LogP contribution in [0.2, 0.25) is 0 Å². The fourth-order valence-electron chi connectivity index (χ4n) is 2.34. The Kier molecular flexibility index (Phi) is 4.45. The van der Waals surface area contributed by atoms with E-state index in [2.05, 4.69) is 10.3 Å². The van der Waals surface area contributed by atoms with Gasteiger partial charge in [0.25, 0.3) is 0 Å². The molecule has 1 atom stereocenters. The van der Waals surface area contributed by atoms with Crippen molar-refractivity contribution in [1.82, 2.24) is 10.3 Å². The molecule has 0 spiro atoms. The zero-order valence-corrected chi connectivity index (χ0v) is 11.9. The summed E-state index contributed by atoms with van der Waals surface area (Å²) in [5.74, 6) is -1.64. The lowest BCUT2D eigenvalue weighted by molar-refractivity contribution is 0.482. The summed E-state index contributed by atoms with van der Waals surface area (Å²) >= 11 is 0. The van der Waals surface area contributed by atoms with E-state index in [0.29, 0.717) is 12.1 Å². The second kappa shape index (κ2) is 6.09. The average molecular weight is 276 g/mol. The molecule has 1 aromatic heterocycles. The summed E-state index contributed by atoms with van der Waals surface area (Å²) in [5.41, 5.74) is 2.89. The molecule has 2 aromatic rings. The van der Waals surface area contributed by atoms with Crippen LogP contribution in [0.1, 0.15) is 35.5 Å². The molecule has 20 heavy (non-hydrogen) atoms. The highest BCUT2D eigenvalue weighted by molar-refractivity contribution is 5.35. The van der Waals surface area contributed by atoms with Gasteiger partial charge >= 0.3 is 0 Å². The van der Waals surface area contributed by atoms with Gasteiger partial charge in [-0.25, -0.2) is 8.78 Å². The number of hydrogen-bond donors (Lipinski definition) is 1. The van der Waals surface area contributed by atoms with Gasteiger partial charge in [-0.15, -0.1) is 0 Å². The summed E-state index contributed by atoms with van der Waals surface area (Å²) in [6, 6.07) is 7.64. The Labute approximate surface area is 117 Å². The predicted octanol–water partition coefficient (Wildman–Crippen LogP) is 3.68. The Morgan fingerprint density at radius 1 is 1.10 bits per heavy atom. The average Bonchev–Trinajstić information content (AvgIpc) is 2.40. The summed E-state index contributed by atoms with van der Waals surface area (Å²) in [7, 11) is 0. The summed E-state index contributed by atoms with van der Waals surface area (Å²) in [4.78, 5) is 4.40. The van der Waals surface area contributed by atoms with Crippen molar-refractivity contribution in [2.45, 2.75) is 26.8 Å².